The summed E-state index contributed by atoms with van der Waals surface area (Å²) in [5, 5.41) is 13.7. The average Bonchev–Trinajstić information content (AvgIpc) is 3.22. The molecule has 4 rings (SSSR count). The van der Waals surface area contributed by atoms with Crippen molar-refractivity contribution in [2.45, 2.75) is 19.0 Å². The lowest BCUT2D eigenvalue weighted by atomic mass is 10.00. The zero-order valence-corrected chi connectivity index (χ0v) is 20.0. The Morgan fingerprint density at radius 1 is 1.03 bits per heavy atom. The Morgan fingerprint density at radius 2 is 1.67 bits per heavy atom. The van der Waals surface area contributed by atoms with Gasteiger partial charge in [-0.1, -0.05) is 18.2 Å². The summed E-state index contributed by atoms with van der Waals surface area (Å²) in [6.45, 7) is 0.334. The summed E-state index contributed by atoms with van der Waals surface area (Å²) in [5.74, 6) is 0.640. The van der Waals surface area contributed by atoms with E-state index in [4.69, 9.17) is 14.2 Å². The first kappa shape index (κ1) is 24.5. The standard InChI is InChI=1S/C26H25N3O7/c1-34-22-12-17(13-23(35-2)25(22)36-3)21(28-15-16-6-4-5-7-20(16)26(28)31)14-24(30)27-18-8-10-19(11-9-18)29(32)33/h4-13,21H,14-15H2,1-3H3,(H,27,30)/t21-/m0/s1. The molecule has 186 valence electrons. The first-order valence-electron chi connectivity index (χ1n) is 11.1. The van der Waals surface area contributed by atoms with E-state index in [1.165, 1.54) is 45.6 Å². The van der Waals surface area contributed by atoms with Crippen LogP contribution in [0, 0.1) is 10.1 Å². The lowest BCUT2D eigenvalue weighted by Crippen LogP contribution is -2.32. The van der Waals surface area contributed by atoms with Crippen molar-refractivity contribution < 1.29 is 28.7 Å². The van der Waals surface area contributed by atoms with Crippen LogP contribution in [0.4, 0.5) is 11.4 Å². The Bertz CT molecular complexity index is 1280. The number of ether oxygens (including phenoxy) is 3. The molecule has 1 aliphatic heterocycles. The van der Waals surface area contributed by atoms with Gasteiger partial charge in [-0.05, 0) is 41.5 Å². The van der Waals surface area contributed by atoms with Crippen molar-refractivity contribution in [1.29, 1.82) is 0 Å². The van der Waals surface area contributed by atoms with E-state index < -0.39 is 11.0 Å². The first-order valence-corrected chi connectivity index (χ1v) is 11.1. The molecule has 0 saturated heterocycles. The van der Waals surface area contributed by atoms with E-state index in [0.717, 1.165) is 5.56 Å². The van der Waals surface area contributed by atoms with Gasteiger partial charge in [0.25, 0.3) is 11.6 Å². The first-order chi connectivity index (χ1) is 17.4. The minimum atomic E-state index is -0.656. The van der Waals surface area contributed by atoms with Crippen LogP contribution < -0.4 is 19.5 Å². The maximum Gasteiger partial charge on any atom is 0.269 e. The SMILES string of the molecule is COc1cc([C@H](CC(=O)Nc2ccc([N+](=O)[O-])cc2)N2Cc3ccccc3C2=O)cc(OC)c1OC. The second-order valence-electron chi connectivity index (χ2n) is 8.12. The number of methoxy groups -OCH3 is 3. The summed E-state index contributed by atoms with van der Waals surface area (Å²) in [7, 11) is 4.48. The molecule has 0 aliphatic carbocycles. The van der Waals surface area contributed by atoms with Crippen LogP contribution >= 0.6 is 0 Å². The fraction of sp³-hybridized carbons (Fsp3) is 0.231. The summed E-state index contributed by atoms with van der Waals surface area (Å²) in [5.41, 5.74) is 2.42. The second-order valence-corrected chi connectivity index (χ2v) is 8.12. The minimum Gasteiger partial charge on any atom is -0.493 e. The van der Waals surface area contributed by atoms with Crippen molar-refractivity contribution in [3.8, 4) is 17.2 Å². The van der Waals surface area contributed by atoms with E-state index in [1.54, 1.807) is 29.2 Å². The molecular formula is C26H25N3O7. The van der Waals surface area contributed by atoms with Crippen LogP contribution in [0.25, 0.3) is 0 Å². The number of nitrogens with zero attached hydrogens (tertiary/aromatic N) is 2. The van der Waals surface area contributed by atoms with Gasteiger partial charge in [-0.15, -0.1) is 0 Å². The van der Waals surface area contributed by atoms with E-state index in [0.29, 0.717) is 40.6 Å². The van der Waals surface area contributed by atoms with E-state index >= 15 is 0 Å². The van der Waals surface area contributed by atoms with Crippen molar-refractivity contribution in [3.05, 3.63) is 87.5 Å². The van der Waals surface area contributed by atoms with Crippen LogP contribution in [-0.2, 0) is 11.3 Å². The van der Waals surface area contributed by atoms with E-state index in [-0.39, 0.29) is 23.9 Å². The number of hydrogen-bond donors (Lipinski definition) is 1. The quantitative estimate of drug-likeness (QED) is 0.349. The molecule has 10 nitrogen and oxygen atoms in total. The molecule has 0 bridgehead atoms. The topological polar surface area (TPSA) is 120 Å². The van der Waals surface area contributed by atoms with Gasteiger partial charge in [0.2, 0.25) is 11.7 Å². The fourth-order valence-corrected chi connectivity index (χ4v) is 4.28. The Balaban J connectivity index is 1.68. The molecule has 0 spiro atoms. The minimum absolute atomic E-state index is 0.0741. The van der Waals surface area contributed by atoms with Gasteiger partial charge in [-0.25, -0.2) is 0 Å². The molecule has 0 radical (unpaired) electrons. The van der Waals surface area contributed by atoms with Crippen LogP contribution in [-0.4, -0.2) is 43.0 Å². The number of nitro benzene ring substituents is 1. The van der Waals surface area contributed by atoms with Crippen molar-refractivity contribution in [3.63, 3.8) is 0 Å². The lowest BCUT2D eigenvalue weighted by Gasteiger charge is -2.29. The normalized spacial score (nSPS) is 13.1. The number of carbonyl (C=O) groups excluding carboxylic acids is 2. The van der Waals surface area contributed by atoms with E-state index in [9.17, 15) is 19.7 Å². The van der Waals surface area contributed by atoms with Crippen LogP contribution in [0.3, 0.4) is 0 Å². The number of hydrogen-bond acceptors (Lipinski definition) is 7. The predicted octanol–water partition coefficient (Wildman–Crippen LogP) is 4.35. The van der Waals surface area contributed by atoms with Gasteiger partial charge in [-0.3, -0.25) is 19.7 Å². The molecule has 1 atom stereocenters. The van der Waals surface area contributed by atoms with Gasteiger partial charge in [0.15, 0.2) is 11.5 Å². The molecule has 0 saturated carbocycles. The van der Waals surface area contributed by atoms with Gasteiger partial charge in [0.1, 0.15) is 0 Å². The maximum absolute atomic E-state index is 13.3. The summed E-state index contributed by atoms with van der Waals surface area (Å²) >= 11 is 0. The molecule has 2 amide bonds. The number of non-ortho nitro benzene ring substituents is 1. The van der Waals surface area contributed by atoms with Crippen LogP contribution in [0.15, 0.2) is 60.7 Å². The number of anilines is 1. The molecule has 1 aliphatic rings. The van der Waals surface area contributed by atoms with Gasteiger partial charge in [0, 0.05) is 29.9 Å². The molecule has 36 heavy (non-hydrogen) atoms. The average molecular weight is 492 g/mol. The summed E-state index contributed by atoms with van der Waals surface area (Å²) < 4.78 is 16.4. The zero-order valence-electron chi connectivity index (χ0n) is 20.0. The molecule has 3 aromatic rings. The Hall–Kier alpha value is -4.60. The number of carbonyl (C=O) groups is 2. The Morgan fingerprint density at radius 3 is 2.22 bits per heavy atom. The van der Waals surface area contributed by atoms with Gasteiger partial charge >= 0.3 is 0 Å². The second kappa shape index (κ2) is 10.3. The van der Waals surface area contributed by atoms with Crippen molar-refractivity contribution in [2.75, 3.05) is 26.6 Å². The highest BCUT2D eigenvalue weighted by atomic mass is 16.6. The molecular weight excluding hydrogens is 466 g/mol. The summed E-state index contributed by atoms with van der Waals surface area (Å²) in [6.07, 6.45) is -0.0741. The molecule has 0 aromatic heterocycles. The molecule has 0 fully saturated rings. The monoisotopic (exact) mass is 491 g/mol. The van der Waals surface area contributed by atoms with E-state index in [2.05, 4.69) is 5.32 Å². The lowest BCUT2D eigenvalue weighted by molar-refractivity contribution is -0.384. The number of nitrogens with one attached hydrogen (secondary N) is 1. The number of benzene rings is 3. The number of amides is 2. The molecule has 3 aromatic carbocycles. The third kappa shape index (κ3) is 4.78. The third-order valence-corrected chi connectivity index (χ3v) is 6.04. The largest absolute Gasteiger partial charge is 0.493 e. The van der Waals surface area contributed by atoms with Gasteiger partial charge in [0.05, 0.1) is 38.7 Å². The van der Waals surface area contributed by atoms with Crippen LogP contribution in [0.5, 0.6) is 17.2 Å². The van der Waals surface area contributed by atoms with Crippen molar-refractivity contribution >= 4 is 23.2 Å². The summed E-state index contributed by atoms with van der Waals surface area (Å²) in [6, 6.07) is 15.7. The molecule has 10 heteroatoms. The highest BCUT2D eigenvalue weighted by molar-refractivity contribution is 5.99. The van der Waals surface area contributed by atoms with Crippen LogP contribution in [0.2, 0.25) is 0 Å². The predicted molar refractivity (Wildman–Crippen MR) is 131 cm³/mol. The molecule has 1 heterocycles. The third-order valence-electron chi connectivity index (χ3n) is 6.04. The Labute approximate surface area is 207 Å². The number of rotatable bonds is 9. The highest BCUT2D eigenvalue weighted by Crippen LogP contribution is 2.43. The molecule has 0 unspecified atom stereocenters. The zero-order chi connectivity index (χ0) is 25.8. The van der Waals surface area contributed by atoms with Crippen molar-refractivity contribution in [1.82, 2.24) is 4.90 Å². The van der Waals surface area contributed by atoms with Crippen molar-refractivity contribution in [2.24, 2.45) is 0 Å². The maximum atomic E-state index is 13.3. The number of nitro groups is 1. The Kier molecular flexibility index (Phi) is 7.05. The number of fused-ring (bicyclic) bond motifs is 1. The highest BCUT2D eigenvalue weighted by Gasteiger charge is 2.35. The van der Waals surface area contributed by atoms with Crippen LogP contribution in [0.1, 0.15) is 33.9 Å². The van der Waals surface area contributed by atoms with E-state index in [1.807, 2.05) is 12.1 Å². The fourth-order valence-electron chi connectivity index (χ4n) is 4.28. The smallest absolute Gasteiger partial charge is 0.269 e. The summed E-state index contributed by atoms with van der Waals surface area (Å²) in [4.78, 5) is 38.5. The molecule has 1 N–H and O–H groups in total. The van der Waals surface area contributed by atoms with Gasteiger partial charge in [-0.2, -0.15) is 0 Å². The van der Waals surface area contributed by atoms with Gasteiger partial charge < -0.3 is 24.4 Å².